The lowest BCUT2D eigenvalue weighted by molar-refractivity contribution is 0.0697. The maximum atomic E-state index is 11.2. The predicted molar refractivity (Wildman–Crippen MR) is 136 cm³/mol. The highest BCUT2D eigenvalue weighted by Gasteiger charge is 2.24. The quantitative estimate of drug-likeness (QED) is 0.297. The van der Waals surface area contributed by atoms with E-state index in [0.717, 1.165) is 47.3 Å². The summed E-state index contributed by atoms with van der Waals surface area (Å²) in [6, 6.07) is 29.0. The Morgan fingerprint density at radius 1 is 0.971 bits per heavy atom. The first kappa shape index (κ1) is 22.8. The van der Waals surface area contributed by atoms with E-state index in [1.165, 1.54) is 0 Å². The molecule has 0 aliphatic rings. The van der Waals surface area contributed by atoms with E-state index in [9.17, 15) is 10.1 Å². The molecule has 0 bridgehead atoms. The van der Waals surface area contributed by atoms with Crippen molar-refractivity contribution in [3.05, 3.63) is 102 Å². The number of carboxylic acid groups (broad SMARTS) is 1. The fraction of sp³-hybridized carbons (Fsp3) is 0.138. The van der Waals surface area contributed by atoms with Crippen molar-refractivity contribution in [1.29, 1.82) is 5.26 Å². The van der Waals surface area contributed by atoms with Crippen LogP contribution in [-0.2, 0) is 6.54 Å². The van der Waals surface area contributed by atoms with E-state index >= 15 is 0 Å². The molecule has 0 saturated heterocycles. The van der Waals surface area contributed by atoms with Gasteiger partial charge in [-0.05, 0) is 35.2 Å². The van der Waals surface area contributed by atoms with Crippen LogP contribution in [-0.4, -0.2) is 21.9 Å². The Morgan fingerprint density at radius 2 is 1.59 bits per heavy atom. The molecule has 1 N–H and O–H groups in total. The van der Waals surface area contributed by atoms with Gasteiger partial charge in [-0.2, -0.15) is 5.26 Å². The summed E-state index contributed by atoms with van der Waals surface area (Å²) in [6.07, 6.45) is 3.64. The molecule has 168 valence electrons. The lowest BCUT2D eigenvalue weighted by Crippen LogP contribution is -2.01. The van der Waals surface area contributed by atoms with Gasteiger partial charge in [-0.25, -0.2) is 9.79 Å². The lowest BCUT2D eigenvalue weighted by Gasteiger charge is -2.13. The molecule has 4 rings (SSSR count). The van der Waals surface area contributed by atoms with Crippen LogP contribution in [0.1, 0.15) is 41.3 Å². The third-order valence-corrected chi connectivity index (χ3v) is 5.69. The summed E-state index contributed by atoms with van der Waals surface area (Å²) in [4.78, 5) is 15.9. The molecule has 4 aromatic rings. The molecule has 0 amide bonds. The minimum Gasteiger partial charge on any atom is -0.478 e. The highest BCUT2D eigenvalue weighted by Crippen LogP contribution is 2.42. The van der Waals surface area contributed by atoms with Crippen molar-refractivity contribution in [3.8, 4) is 28.5 Å². The largest absolute Gasteiger partial charge is 0.478 e. The number of aromatic nitrogens is 1. The molecule has 5 heteroatoms. The van der Waals surface area contributed by atoms with Gasteiger partial charge in [0.2, 0.25) is 0 Å². The van der Waals surface area contributed by atoms with Crippen molar-refractivity contribution in [3.63, 3.8) is 0 Å². The van der Waals surface area contributed by atoms with Crippen molar-refractivity contribution in [1.82, 2.24) is 4.57 Å². The predicted octanol–water partition coefficient (Wildman–Crippen LogP) is 6.94. The molecule has 0 aliphatic heterocycles. The number of benzene rings is 3. The van der Waals surface area contributed by atoms with Gasteiger partial charge in [0.15, 0.2) is 5.82 Å². The number of nitriles is 1. The summed E-state index contributed by atoms with van der Waals surface area (Å²) in [6.45, 7) is 2.87. The summed E-state index contributed by atoms with van der Waals surface area (Å²) in [5.74, 6) is -0.361. The Morgan fingerprint density at radius 3 is 2.15 bits per heavy atom. The van der Waals surface area contributed by atoms with Crippen molar-refractivity contribution >= 4 is 18.0 Å². The Labute approximate surface area is 199 Å². The van der Waals surface area contributed by atoms with Crippen LogP contribution in [0.25, 0.3) is 22.4 Å². The molecule has 5 nitrogen and oxygen atoms in total. The number of hydrogen-bond donors (Lipinski definition) is 1. The normalized spacial score (nSPS) is 10.9. The van der Waals surface area contributed by atoms with Crippen LogP contribution in [0.4, 0.5) is 5.82 Å². The van der Waals surface area contributed by atoms with Gasteiger partial charge in [0.05, 0.1) is 11.3 Å². The molecule has 0 unspecified atom stereocenters. The van der Waals surface area contributed by atoms with Crippen molar-refractivity contribution in [2.24, 2.45) is 4.99 Å². The van der Waals surface area contributed by atoms with Gasteiger partial charge >= 0.3 is 5.97 Å². The summed E-state index contributed by atoms with van der Waals surface area (Å²) >= 11 is 0. The third-order valence-electron chi connectivity index (χ3n) is 5.69. The SMILES string of the molecule is CCCCn1c(/N=C/c2ccc(C(=O)O)cc2)c(C#N)c(-c2ccccc2)c1-c1ccccc1. The summed E-state index contributed by atoms with van der Waals surface area (Å²) in [5, 5.41) is 19.4. The van der Waals surface area contributed by atoms with Crippen LogP contribution >= 0.6 is 0 Å². The second-order valence-corrected chi connectivity index (χ2v) is 7.96. The monoisotopic (exact) mass is 447 g/mol. The Kier molecular flexibility index (Phi) is 7.00. The van der Waals surface area contributed by atoms with Gasteiger partial charge in [-0.1, -0.05) is 86.1 Å². The molecule has 1 heterocycles. The van der Waals surface area contributed by atoms with Crippen LogP contribution in [0.15, 0.2) is 89.9 Å². The number of unbranched alkanes of at least 4 members (excludes halogenated alkanes) is 1. The van der Waals surface area contributed by atoms with E-state index in [0.29, 0.717) is 11.4 Å². The van der Waals surface area contributed by atoms with E-state index in [1.807, 2.05) is 48.5 Å². The zero-order valence-corrected chi connectivity index (χ0v) is 19.0. The molecule has 0 spiro atoms. The first-order valence-electron chi connectivity index (χ1n) is 11.3. The minimum atomic E-state index is -0.969. The van der Waals surface area contributed by atoms with Crippen molar-refractivity contribution in [2.75, 3.05) is 0 Å². The average molecular weight is 448 g/mol. The van der Waals surface area contributed by atoms with Crippen LogP contribution < -0.4 is 0 Å². The lowest BCUT2D eigenvalue weighted by atomic mass is 9.98. The van der Waals surface area contributed by atoms with Crippen LogP contribution in [0.5, 0.6) is 0 Å². The first-order valence-corrected chi connectivity index (χ1v) is 11.3. The van der Waals surface area contributed by atoms with E-state index < -0.39 is 5.97 Å². The van der Waals surface area contributed by atoms with Crippen LogP contribution in [0.2, 0.25) is 0 Å². The number of carboxylic acids is 1. The topological polar surface area (TPSA) is 78.4 Å². The highest BCUT2D eigenvalue weighted by atomic mass is 16.4. The zero-order valence-electron chi connectivity index (χ0n) is 19.0. The first-order chi connectivity index (χ1) is 16.6. The van der Waals surface area contributed by atoms with E-state index in [-0.39, 0.29) is 5.56 Å². The van der Waals surface area contributed by atoms with E-state index in [1.54, 1.807) is 30.5 Å². The van der Waals surface area contributed by atoms with Gasteiger partial charge in [0.25, 0.3) is 0 Å². The Balaban J connectivity index is 1.94. The Bertz CT molecular complexity index is 1350. The van der Waals surface area contributed by atoms with Crippen molar-refractivity contribution in [2.45, 2.75) is 26.3 Å². The fourth-order valence-corrected chi connectivity index (χ4v) is 4.01. The summed E-state index contributed by atoms with van der Waals surface area (Å²) in [7, 11) is 0. The van der Waals surface area contributed by atoms with Gasteiger partial charge in [-0.3, -0.25) is 0 Å². The molecule has 0 fully saturated rings. The van der Waals surface area contributed by atoms with Crippen LogP contribution in [0.3, 0.4) is 0 Å². The maximum absolute atomic E-state index is 11.2. The van der Waals surface area contributed by atoms with E-state index in [4.69, 9.17) is 10.1 Å². The maximum Gasteiger partial charge on any atom is 0.335 e. The van der Waals surface area contributed by atoms with Gasteiger partial charge < -0.3 is 9.67 Å². The standard InChI is InChI=1S/C29H25N3O2/c1-2-3-18-32-27(23-12-8-5-9-13-23)26(22-10-6-4-7-11-22)25(19-30)28(32)31-20-21-14-16-24(17-15-21)29(33)34/h4-17,20H,2-3,18H2,1H3,(H,33,34)/b31-20+. The minimum absolute atomic E-state index is 0.221. The van der Waals surface area contributed by atoms with Crippen molar-refractivity contribution < 1.29 is 9.90 Å². The number of carbonyl (C=O) groups is 1. The molecule has 0 radical (unpaired) electrons. The molecule has 1 aromatic heterocycles. The van der Waals surface area contributed by atoms with E-state index in [2.05, 4.69) is 29.7 Å². The number of nitrogens with zero attached hydrogens (tertiary/aromatic N) is 3. The third kappa shape index (κ3) is 4.67. The van der Waals surface area contributed by atoms with Gasteiger partial charge in [0, 0.05) is 18.3 Å². The fourth-order valence-electron chi connectivity index (χ4n) is 4.01. The second-order valence-electron chi connectivity index (χ2n) is 7.96. The average Bonchev–Trinajstić information content (AvgIpc) is 3.20. The second kappa shape index (κ2) is 10.5. The molecule has 34 heavy (non-hydrogen) atoms. The highest BCUT2D eigenvalue weighted by molar-refractivity contribution is 5.93. The molecule has 0 atom stereocenters. The molecule has 0 aliphatic carbocycles. The summed E-state index contributed by atoms with van der Waals surface area (Å²) < 4.78 is 2.14. The number of aliphatic imine (C=N–C) groups is 1. The number of hydrogen-bond acceptors (Lipinski definition) is 3. The molecular weight excluding hydrogens is 422 g/mol. The smallest absolute Gasteiger partial charge is 0.335 e. The van der Waals surface area contributed by atoms with Gasteiger partial charge in [-0.15, -0.1) is 0 Å². The van der Waals surface area contributed by atoms with Crippen LogP contribution in [0, 0.1) is 11.3 Å². The molecular formula is C29H25N3O2. The zero-order chi connectivity index (χ0) is 23.9. The molecule has 0 saturated carbocycles. The molecule has 3 aromatic carbocycles. The number of rotatable bonds is 8. The Hall–Kier alpha value is -4.43. The number of aromatic carboxylic acids is 1. The summed E-state index contributed by atoms with van der Waals surface area (Å²) in [5.41, 5.74) is 5.36. The van der Waals surface area contributed by atoms with Gasteiger partial charge in [0.1, 0.15) is 11.6 Å².